The summed E-state index contributed by atoms with van der Waals surface area (Å²) in [7, 11) is 0. The Morgan fingerprint density at radius 2 is 1.85 bits per heavy atom. The Labute approximate surface area is 190 Å². The zero-order valence-electron chi connectivity index (χ0n) is 18.1. The number of piperidine rings is 1. The molecule has 6 rings (SSSR count). The number of likely N-dealkylation sites (tertiary alicyclic amines) is 1. The number of nitrogens with zero attached hydrogens (tertiary/aromatic N) is 1. The van der Waals surface area contributed by atoms with E-state index in [9.17, 15) is 24.6 Å². The lowest BCUT2D eigenvalue weighted by Gasteiger charge is -2.62. The molecule has 1 saturated heterocycles. The molecule has 3 aliphatic carbocycles. The number of ether oxygens (including phenoxy) is 1. The molecule has 4 atom stereocenters. The van der Waals surface area contributed by atoms with Gasteiger partial charge in [0, 0.05) is 36.7 Å². The highest BCUT2D eigenvalue weighted by Crippen LogP contribution is 2.64. The number of aliphatic carboxylic acids is 2. The van der Waals surface area contributed by atoms with Crippen molar-refractivity contribution < 1.29 is 39.5 Å². The maximum atomic E-state index is 12.7. The third-order valence-electron chi connectivity index (χ3n) is 7.93. The molecule has 176 valence electrons. The van der Waals surface area contributed by atoms with Gasteiger partial charge in [0.25, 0.3) is 0 Å². The summed E-state index contributed by atoms with van der Waals surface area (Å²) in [4.78, 5) is 34.3. The van der Waals surface area contributed by atoms with Crippen LogP contribution in [0.5, 0.6) is 11.5 Å². The van der Waals surface area contributed by atoms with Crippen molar-refractivity contribution in [2.45, 2.75) is 61.7 Å². The maximum Gasteiger partial charge on any atom is 0.328 e. The highest BCUT2D eigenvalue weighted by Gasteiger charge is 2.73. The van der Waals surface area contributed by atoms with Crippen LogP contribution in [0.2, 0.25) is 0 Å². The van der Waals surface area contributed by atoms with Crippen molar-refractivity contribution in [2.24, 2.45) is 5.92 Å². The van der Waals surface area contributed by atoms with E-state index in [2.05, 4.69) is 4.90 Å². The van der Waals surface area contributed by atoms with Gasteiger partial charge in [-0.25, -0.2) is 9.59 Å². The van der Waals surface area contributed by atoms with Crippen molar-refractivity contribution in [1.29, 1.82) is 0 Å². The van der Waals surface area contributed by atoms with Crippen LogP contribution < -0.4 is 4.74 Å². The van der Waals surface area contributed by atoms with Crippen molar-refractivity contribution >= 4 is 17.7 Å². The lowest BCUT2D eigenvalue weighted by Crippen LogP contribution is -2.76. The van der Waals surface area contributed by atoms with Crippen molar-refractivity contribution in [3.05, 3.63) is 35.4 Å². The Balaban J connectivity index is 0.000000249. The van der Waals surface area contributed by atoms with Crippen molar-refractivity contribution in [3.63, 3.8) is 0 Å². The van der Waals surface area contributed by atoms with Crippen molar-refractivity contribution in [2.75, 3.05) is 13.1 Å². The summed E-state index contributed by atoms with van der Waals surface area (Å²) < 4.78 is 6.04. The number of phenols is 1. The number of rotatable bonds is 4. The predicted octanol–water partition coefficient (Wildman–Crippen LogP) is 1.24. The van der Waals surface area contributed by atoms with Gasteiger partial charge in [0.15, 0.2) is 23.4 Å². The van der Waals surface area contributed by atoms with Gasteiger partial charge >= 0.3 is 11.9 Å². The molecular weight excluding hydrogens is 430 g/mol. The fraction of sp³-hybridized carbons (Fsp3) is 0.542. The number of Topliss-reactive ketones (excluding diaryl/α,β-unsaturated/α-hetero) is 1. The number of aliphatic hydroxyl groups is 1. The molecule has 0 radical (unpaired) electrons. The number of carbonyl (C=O) groups is 3. The third-order valence-corrected chi connectivity index (χ3v) is 7.93. The SMILES string of the molecule is O=C(O)/C=C/C(=O)O.O=C1CC[C@@]2(O)[C@H]3Cc4ccc(O)c5c4[C@@]2(CCN3CC2CC2)[C@H]1O5. The fourth-order valence-corrected chi connectivity index (χ4v) is 6.41. The molecule has 9 heteroatoms. The van der Waals surface area contributed by atoms with Crippen LogP contribution in [-0.2, 0) is 26.2 Å². The normalized spacial score (nSPS) is 33.7. The van der Waals surface area contributed by atoms with Crippen LogP contribution in [0.3, 0.4) is 0 Å². The lowest BCUT2D eigenvalue weighted by molar-refractivity contribution is -0.188. The average molecular weight is 457 g/mol. The summed E-state index contributed by atoms with van der Waals surface area (Å²) in [6, 6.07) is 3.69. The van der Waals surface area contributed by atoms with Crippen LogP contribution in [0.15, 0.2) is 24.3 Å². The maximum absolute atomic E-state index is 12.7. The summed E-state index contributed by atoms with van der Waals surface area (Å²) in [6.45, 7) is 1.95. The molecular formula is C24H27NO8. The van der Waals surface area contributed by atoms with Crippen LogP contribution in [-0.4, -0.2) is 73.9 Å². The predicted molar refractivity (Wildman–Crippen MR) is 114 cm³/mol. The molecule has 2 aliphatic heterocycles. The molecule has 1 aromatic rings. The topological polar surface area (TPSA) is 145 Å². The second-order valence-corrected chi connectivity index (χ2v) is 9.73. The molecule has 5 aliphatic rings. The Hall–Kier alpha value is -2.91. The molecule has 0 aromatic heterocycles. The Morgan fingerprint density at radius 3 is 2.48 bits per heavy atom. The van der Waals surface area contributed by atoms with E-state index in [1.165, 1.54) is 12.8 Å². The van der Waals surface area contributed by atoms with Crippen LogP contribution in [0.25, 0.3) is 0 Å². The van der Waals surface area contributed by atoms with Gasteiger partial charge < -0.3 is 25.2 Å². The number of aromatic hydroxyl groups is 1. The van der Waals surface area contributed by atoms with E-state index >= 15 is 0 Å². The van der Waals surface area contributed by atoms with Crippen LogP contribution in [0.1, 0.15) is 43.2 Å². The van der Waals surface area contributed by atoms with Crippen LogP contribution in [0.4, 0.5) is 0 Å². The molecule has 2 heterocycles. The molecule has 2 bridgehead atoms. The van der Waals surface area contributed by atoms with Crippen LogP contribution >= 0.6 is 0 Å². The van der Waals surface area contributed by atoms with Gasteiger partial charge in [0.2, 0.25) is 0 Å². The molecule has 33 heavy (non-hydrogen) atoms. The number of benzene rings is 1. The molecule has 4 N–H and O–H groups in total. The van der Waals surface area contributed by atoms with Gasteiger partial charge in [-0.2, -0.15) is 0 Å². The average Bonchev–Trinajstić information content (AvgIpc) is 3.50. The third kappa shape index (κ3) is 3.25. The van der Waals surface area contributed by atoms with Gasteiger partial charge in [0.1, 0.15) is 0 Å². The van der Waals surface area contributed by atoms with Gasteiger partial charge in [0.05, 0.1) is 11.0 Å². The lowest BCUT2D eigenvalue weighted by atomic mass is 9.49. The van der Waals surface area contributed by atoms with Crippen molar-refractivity contribution in [1.82, 2.24) is 4.90 Å². The molecule has 0 amide bonds. The summed E-state index contributed by atoms with van der Waals surface area (Å²) in [5, 5.41) is 37.9. The molecule has 9 nitrogen and oxygen atoms in total. The van der Waals surface area contributed by atoms with Gasteiger partial charge in [-0.15, -0.1) is 0 Å². The molecule has 2 saturated carbocycles. The highest BCUT2D eigenvalue weighted by molar-refractivity contribution is 5.90. The molecule has 3 fully saturated rings. The molecule has 0 unspecified atom stereocenters. The first-order chi connectivity index (χ1) is 15.7. The number of carboxylic acids is 2. The summed E-state index contributed by atoms with van der Waals surface area (Å²) >= 11 is 0. The van der Waals surface area contributed by atoms with Crippen molar-refractivity contribution in [3.8, 4) is 11.5 Å². The van der Waals surface area contributed by atoms with Gasteiger partial charge in [-0.1, -0.05) is 6.07 Å². The first kappa shape index (κ1) is 21.9. The first-order valence-electron chi connectivity index (χ1n) is 11.3. The second-order valence-electron chi connectivity index (χ2n) is 9.73. The van der Waals surface area contributed by atoms with Gasteiger partial charge in [-0.05, 0) is 56.2 Å². The van der Waals surface area contributed by atoms with E-state index in [4.69, 9.17) is 14.9 Å². The number of ketones is 1. The minimum atomic E-state index is -1.26. The number of phenolic OH excluding ortho intramolecular Hbond substituents is 1. The minimum absolute atomic E-state index is 0.0454. The second kappa shape index (κ2) is 7.56. The zero-order chi connectivity index (χ0) is 23.5. The van der Waals surface area contributed by atoms with Crippen LogP contribution in [0, 0.1) is 5.92 Å². The standard InChI is InChI=1S/C20H23NO4.C4H4O4/c22-13-4-3-12-9-15-20(24)6-5-14(23)18-19(20,16(12)17(13)25-18)7-8-21(15)10-11-1-2-11;5-3(6)1-2-4(7)8/h3-4,11,15,18,22,24H,1-2,5-10H2;1-2H,(H,5,6)(H,7,8)/b;2-1+/t15-,18+,19+,20-;/m1./s1. The Bertz CT molecular complexity index is 1050. The summed E-state index contributed by atoms with van der Waals surface area (Å²) in [5.41, 5.74) is 0.454. The summed E-state index contributed by atoms with van der Waals surface area (Å²) in [5.74, 6) is -1.13. The number of hydrogen-bond donors (Lipinski definition) is 4. The van der Waals surface area contributed by atoms with E-state index in [-0.39, 0.29) is 17.6 Å². The van der Waals surface area contributed by atoms with E-state index in [0.717, 1.165) is 43.0 Å². The quantitative estimate of drug-likeness (QED) is 0.491. The first-order valence-corrected chi connectivity index (χ1v) is 11.3. The summed E-state index contributed by atoms with van der Waals surface area (Å²) in [6.07, 6.45) is 5.44. The number of carboxylic acid groups (broad SMARTS) is 2. The fourth-order valence-electron chi connectivity index (χ4n) is 6.41. The number of hydrogen-bond acceptors (Lipinski definition) is 7. The highest BCUT2D eigenvalue weighted by atomic mass is 16.5. The molecule has 1 spiro atoms. The monoisotopic (exact) mass is 457 g/mol. The minimum Gasteiger partial charge on any atom is -0.504 e. The zero-order valence-corrected chi connectivity index (χ0v) is 18.1. The van der Waals surface area contributed by atoms with E-state index in [1.807, 2.05) is 6.07 Å². The Morgan fingerprint density at radius 1 is 1.15 bits per heavy atom. The van der Waals surface area contributed by atoms with E-state index in [0.29, 0.717) is 30.7 Å². The van der Waals surface area contributed by atoms with E-state index in [1.54, 1.807) is 6.07 Å². The number of carbonyl (C=O) groups excluding carboxylic acids is 1. The largest absolute Gasteiger partial charge is 0.504 e. The van der Waals surface area contributed by atoms with Gasteiger partial charge in [-0.3, -0.25) is 9.69 Å². The molecule has 1 aromatic carbocycles. The Kier molecular flexibility index (Phi) is 5.02. The smallest absolute Gasteiger partial charge is 0.328 e. The van der Waals surface area contributed by atoms with E-state index < -0.39 is 29.1 Å².